The van der Waals surface area contributed by atoms with Crippen molar-refractivity contribution >= 4 is 11.9 Å². The van der Waals surface area contributed by atoms with Crippen LogP contribution in [0.1, 0.15) is 30.9 Å². The van der Waals surface area contributed by atoms with Crippen LogP contribution >= 0.6 is 0 Å². The van der Waals surface area contributed by atoms with E-state index in [1.165, 1.54) is 0 Å². The standard InChI is InChI=1S/C16H19N3O3.C2HF3O2/c1-11(2)16(20)19-7-5-15-13(9-19)14(18-22-15)10-21-12-4-3-6-17-8-12;3-2(4,5)1(6)7/h3-4,6,8,11H,5,7,9-10H2,1-2H3;(H,6,7). The molecule has 11 heteroatoms. The van der Waals surface area contributed by atoms with E-state index in [0.29, 0.717) is 31.9 Å². The van der Waals surface area contributed by atoms with E-state index in [0.717, 1.165) is 17.0 Å². The van der Waals surface area contributed by atoms with E-state index >= 15 is 0 Å². The minimum Gasteiger partial charge on any atom is -0.486 e. The minimum absolute atomic E-state index is 0.00324. The molecule has 0 spiro atoms. The van der Waals surface area contributed by atoms with E-state index in [-0.39, 0.29) is 11.8 Å². The van der Waals surface area contributed by atoms with Crippen molar-refractivity contribution in [2.75, 3.05) is 6.54 Å². The molecule has 0 saturated heterocycles. The number of halogens is 3. The molecule has 2 aromatic rings. The number of carbonyl (C=O) groups excluding carboxylic acids is 1. The van der Waals surface area contributed by atoms with Gasteiger partial charge in [-0.3, -0.25) is 9.78 Å². The van der Waals surface area contributed by atoms with Gasteiger partial charge in [-0.15, -0.1) is 0 Å². The summed E-state index contributed by atoms with van der Waals surface area (Å²) in [6, 6.07) is 3.66. The zero-order chi connectivity index (χ0) is 21.6. The summed E-state index contributed by atoms with van der Waals surface area (Å²) in [5, 5.41) is 11.2. The average Bonchev–Trinajstić information content (AvgIpc) is 3.08. The molecule has 3 heterocycles. The van der Waals surface area contributed by atoms with Crippen LogP contribution < -0.4 is 4.74 Å². The molecule has 1 aliphatic heterocycles. The third-order valence-electron chi connectivity index (χ3n) is 3.97. The van der Waals surface area contributed by atoms with Gasteiger partial charge in [0.15, 0.2) is 0 Å². The Bertz CT molecular complexity index is 837. The number of carboxylic acids is 1. The van der Waals surface area contributed by atoms with E-state index in [2.05, 4.69) is 10.1 Å². The second-order valence-electron chi connectivity index (χ2n) is 6.48. The van der Waals surface area contributed by atoms with E-state index in [1.807, 2.05) is 30.9 Å². The number of pyridine rings is 1. The van der Waals surface area contributed by atoms with Crippen molar-refractivity contribution in [1.82, 2.24) is 15.0 Å². The first kappa shape index (κ1) is 22.2. The molecule has 0 aliphatic carbocycles. The van der Waals surface area contributed by atoms with E-state index in [1.54, 1.807) is 12.4 Å². The number of fused-ring (bicyclic) bond motifs is 1. The Kier molecular flexibility index (Phi) is 7.18. The highest BCUT2D eigenvalue weighted by Gasteiger charge is 2.38. The average molecular weight is 415 g/mol. The smallest absolute Gasteiger partial charge is 0.486 e. The number of carbonyl (C=O) groups is 2. The lowest BCUT2D eigenvalue weighted by Gasteiger charge is -2.27. The van der Waals surface area contributed by atoms with Gasteiger partial charge in [0.1, 0.15) is 23.8 Å². The third-order valence-corrected chi connectivity index (χ3v) is 3.97. The molecule has 2 aromatic heterocycles. The molecule has 29 heavy (non-hydrogen) atoms. The molecule has 0 unspecified atom stereocenters. The van der Waals surface area contributed by atoms with Crippen molar-refractivity contribution < 1.29 is 37.1 Å². The Morgan fingerprint density at radius 2 is 2.07 bits per heavy atom. The zero-order valence-electron chi connectivity index (χ0n) is 15.8. The number of amides is 1. The van der Waals surface area contributed by atoms with Crippen molar-refractivity contribution in [1.29, 1.82) is 0 Å². The van der Waals surface area contributed by atoms with Crippen LogP contribution in [0, 0.1) is 5.92 Å². The number of aromatic nitrogens is 2. The molecule has 158 valence electrons. The van der Waals surface area contributed by atoms with Gasteiger partial charge in [0.05, 0.1) is 12.7 Å². The number of carboxylic acid groups (broad SMARTS) is 1. The lowest BCUT2D eigenvalue weighted by molar-refractivity contribution is -0.192. The van der Waals surface area contributed by atoms with Gasteiger partial charge in [-0.25, -0.2) is 4.79 Å². The fourth-order valence-electron chi connectivity index (χ4n) is 2.51. The first-order valence-electron chi connectivity index (χ1n) is 8.67. The molecular weight excluding hydrogens is 395 g/mol. The van der Waals surface area contributed by atoms with Crippen LogP contribution in [0.5, 0.6) is 5.75 Å². The van der Waals surface area contributed by atoms with Gasteiger partial charge in [-0.05, 0) is 12.1 Å². The predicted molar refractivity (Wildman–Crippen MR) is 92.7 cm³/mol. The summed E-state index contributed by atoms with van der Waals surface area (Å²) < 4.78 is 42.8. The lowest BCUT2D eigenvalue weighted by atomic mass is 10.0. The maximum absolute atomic E-state index is 12.2. The normalized spacial score (nSPS) is 13.4. The number of nitrogens with zero attached hydrogens (tertiary/aromatic N) is 3. The van der Waals surface area contributed by atoms with Gasteiger partial charge in [0.2, 0.25) is 5.91 Å². The maximum atomic E-state index is 12.2. The number of hydrogen-bond donors (Lipinski definition) is 1. The van der Waals surface area contributed by atoms with Crippen LogP contribution in [-0.2, 0) is 29.2 Å². The number of hydrogen-bond acceptors (Lipinski definition) is 6. The highest BCUT2D eigenvalue weighted by Crippen LogP contribution is 2.24. The molecule has 0 bridgehead atoms. The molecule has 0 aromatic carbocycles. The Morgan fingerprint density at radius 3 is 2.62 bits per heavy atom. The fraction of sp³-hybridized carbons (Fsp3) is 0.444. The Balaban J connectivity index is 0.000000370. The molecular formula is C18H20F3N3O5. The van der Waals surface area contributed by atoms with Crippen molar-refractivity contribution in [3.05, 3.63) is 41.5 Å². The summed E-state index contributed by atoms with van der Waals surface area (Å²) >= 11 is 0. The van der Waals surface area contributed by atoms with Crippen LogP contribution in [0.25, 0.3) is 0 Å². The number of ether oxygens (including phenoxy) is 1. The Hall–Kier alpha value is -3.11. The lowest BCUT2D eigenvalue weighted by Crippen LogP contribution is -2.38. The number of aliphatic carboxylic acids is 1. The highest BCUT2D eigenvalue weighted by molar-refractivity contribution is 5.78. The number of rotatable bonds is 4. The summed E-state index contributed by atoms with van der Waals surface area (Å²) in [5.41, 5.74) is 1.73. The van der Waals surface area contributed by atoms with Crippen LogP contribution in [0.15, 0.2) is 29.0 Å². The van der Waals surface area contributed by atoms with E-state index in [4.69, 9.17) is 19.2 Å². The molecule has 0 saturated carbocycles. The fourth-order valence-corrected chi connectivity index (χ4v) is 2.51. The van der Waals surface area contributed by atoms with Crippen LogP contribution in [0.2, 0.25) is 0 Å². The van der Waals surface area contributed by atoms with Gasteiger partial charge in [0, 0.05) is 30.6 Å². The van der Waals surface area contributed by atoms with Crippen molar-refractivity contribution in [2.45, 2.75) is 39.6 Å². The van der Waals surface area contributed by atoms with Crippen molar-refractivity contribution in [3.63, 3.8) is 0 Å². The van der Waals surface area contributed by atoms with Gasteiger partial charge >= 0.3 is 12.1 Å². The first-order chi connectivity index (χ1) is 13.6. The Morgan fingerprint density at radius 1 is 1.38 bits per heavy atom. The van der Waals surface area contributed by atoms with E-state index < -0.39 is 12.1 Å². The summed E-state index contributed by atoms with van der Waals surface area (Å²) in [4.78, 5) is 26.9. The van der Waals surface area contributed by atoms with Crippen LogP contribution in [0.4, 0.5) is 13.2 Å². The first-order valence-corrected chi connectivity index (χ1v) is 8.67. The van der Waals surface area contributed by atoms with E-state index in [9.17, 15) is 18.0 Å². The van der Waals surface area contributed by atoms with Crippen LogP contribution in [0.3, 0.4) is 0 Å². The molecule has 0 atom stereocenters. The largest absolute Gasteiger partial charge is 0.490 e. The molecule has 1 N–H and O–H groups in total. The molecule has 1 aliphatic rings. The molecule has 0 fully saturated rings. The molecule has 1 amide bonds. The zero-order valence-corrected chi connectivity index (χ0v) is 15.8. The summed E-state index contributed by atoms with van der Waals surface area (Å²) in [5.74, 6) is -1.06. The predicted octanol–water partition coefficient (Wildman–Crippen LogP) is 2.82. The SMILES string of the molecule is CC(C)C(=O)N1CCc2onc(COc3cccnc3)c2C1.O=C(O)C(F)(F)F. The molecule has 3 rings (SSSR count). The van der Waals surface area contributed by atoms with Gasteiger partial charge in [0.25, 0.3) is 0 Å². The number of alkyl halides is 3. The second kappa shape index (κ2) is 9.39. The minimum atomic E-state index is -5.08. The summed E-state index contributed by atoms with van der Waals surface area (Å²) in [6.45, 7) is 5.37. The molecule has 0 radical (unpaired) electrons. The van der Waals surface area contributed by atoms with Crippen molar-refractivity contribution in [2.24, 2.45) is 5.92 Å². The van der Waals surface area contributed by atoms with Gasteiger partial charge < -0.3 is 19.3 Å². The third kappa shape index (κ3) is 6.19. The van der Waals surface area contributed by atoms with Gasteiger partial charge in [-0.1, -0.05) is 19.0 Å². The highest BCUT2D eigenvalue weighted by atomic mass is 19.4. The summed E-state index contributed by atoms with van der Waals surface area (Å²) in [7, 11) is 0. The topological polar surface area (TPSA) is 106 Å². The second-order valence-corrected chi connectivity index (χ2v) is 6.48. The van der Waals surface area contributed by atoms with Crippen molar-refractivity contribution in [3.8, 4) is 5.75 Å². The van der Waals surface area contributed by atoms with Crippen LogP contribution in [-0.4, -0.2) is 44.7 Å². The maximum Gasteiger partial charge on any atom is 0.490 e. The summed E-state index contributed by atoms with van der Waals surface area (Å²) in [6.07, 6.45) is -1.03. The molecule has 8 nitrogen and oxygen atoms in total. The Labute approximate surface area is 164 Å². The quantitative estimate of drug-likeness (QED) is 0.818. The van der Waals surface area contributed by atoms with Gasteiger partial charge in [-0.2, -0.15) is 13.2 Å². The monoisotopic (exact) mass is 415 g/mol.